The molecule has 3 heterocycles. The molecule has 0 aliphatic carbocycles. The van der Waals surface area contributed by atoms with Crippen molar-refractivity contribution in [1.29, 1.82) is 0 Å². The maximum absolute atomic E-state index is 12.7. The van der Waals surface area contributed by atoms with Crippen LogP contribution in [0.25, 0.3) is 0 Å². The van der Waals surface area contributed by atoms with E-state index in [1.807, 2.05) is 6.92 Å². The summed E-state index contributed by atoms with van der Waals surface area (Å²) >= 11 is 1.01. The van der Waals surface area contributed by atoms with Crippen LogP contribution in [0.1, 0.15) is 35.6 Å². The monoisotopic (exact) mass is 419 g/mol. The Hall–Kier alpha value is -3.21. The highest BCUT2D eigenvalue weighted by Gasteiger charge is 2.35. The van der Waals surface area contributed by atoms with Gasteiger partial charge in [0.25, 0.3) is 5.91 Å². The molecule has 0 saturated carbocycles. The van der Waals surface area contributed by atoms with Gasteiger partial charge in [-0.15, -0.1) is 0 Å². The molecule has 1 atom stereocenters. The average molecular weight is 419 g/mol. The molecule has 11 heteroatoms. The topological polar surface area (TPSA) is 137 Å². The van der Waals surface area contributed by atoms with E-state index in [2.05, 4.69) is 15.3 Å². The van der Waals surface area contributed by atoms with E-state index >= 15 is 0 Å². The van der Waals surface area contributed by atoms with Crippen LogP contribution in [0.15, 0.2) is 12.1 Å². The predicted molar refractivity (Wildman–Crippen MR) is 107 cm³/mol. The van der Waals surface area contributed by atoms with Gasteiger partial charge in [0.1, 0.15) is 17.2 Å². The fourth-order valence-corrected chi connectivity index (χ4v) is 3.64. The molecule has 10 nitrogen and oxygen atoms in total. The Labute approximate surface area is 171 Å². The molecule has 2 aromatic heterocycles. The molecule has 0 bridgehead atoms. The van der Waals surface area contributed by atoms with E-state index in [0.29, 0.717) is 22.7 Å². The fourth-order valence-electron chi connectivity index (χ4n) is 2.77. The van der Waals surface area contributed by atoms with Gasteiger partial charge < -0.3 is 20.5 Å². The number of pyridine rings is 1. The Morgan fingerprint density at radius 1 is 1.34 bits per heavy atom. The first kappa shape index (κ1) is 20.5. The first-order valence-electron chi connectivity index (χ1n) is 9.03. The van der Waals surface area contributed by atoms with Crippen molar-refractivity contribution in [3.63, 3.8) is 0 Å². The summed E-state index contributed by atoms with van der Waals surface area (Å²) in [7, 11) is 0. The number of nitrogen functional groups attached to an aromatic ring is 1. The third kappa shape index (κ3) is 4.29. The van der Waals surface area contributed by atoms with E-state index in [4.69, 9.17) is 15.2 Å². The number of fused-ring (bicyclic) bond motifs is 1. The molecule has 0 aromatic carbocycles. The third-order valence-electron chi connectivity index (χ3n) is 4.10. The standard InChI is InChI=1S/C18H21N5O5S/c1-4-10-16(25)23(15-11(28-10)6-7-12(19)21-15)8-13(24)22-18-20-9(3)14(29-18)17(26)27-5-2/h6-7,10H,4-5,8H2,1-3H3,(H2,19,21)(H,20,22,24). The number of amides is 2. The largest absolute Gasteiger partial charge is 0.477 e. The number of carbonyl (C=O) groups excluding carboxylic acids is 3. The molecule has 1 unspecified atom stereocenters. The molecule has 29 heavy (non-hydrogen) atoms. The van der Waals surface area contributed by atoms with Crippen LogP contribution in [0.4, 0.5) is 16.8 Å². The third-order valence-corrected chi connectivity index (χ3v) is 5.16. The Bertz CT molecular complexity index is 960. The molecule has 3 N–H and O–H groups in total. The van der Waals surface area contributed by atoms with Crippen LogP contribution in [-0.4, -0.2) is 47.0 Å². The summed E-state index contributed by atoms with van der Waals surface area (Å²) in [5.74, 6) is -0.586. The smallest absolute Gasteiger partial charge is 0.350 e. The Morgan fingerprint density at radius 3 is 2.79 bits per heavy atom. The Kier molecular flexibility index (Phi) is 5.97. The van der Waals surface area contributed by atoms with Crippen molar-refractivity contribution >= 4 is 45.9 Å². The van der Waals surface area contributed by atoms with Crippen LogP contribution >= 0.6 is 11.3 Å². The number of carbonyl (C=O) groups is 3. The number of anilines is 3. The number of hydrogen-bond donors (Lipinski definition) is 2. The van der Waals surface area contributed by atoms with Crippen molar-refractivity contribution < 1.29 is 23.9 Å². The summed E-state index contributed by atoms with van der Waals surface area (Å²) in [4.78, 5) is 47.1. The second-order valence-corrected chi connectivity index (χ2v) is 7.20. The molecule has 1 aliphatic rings. The molecule has 154 valence electrons. The molecular weight excluding hydrogens is 398 g/mol. The van der Waals surface area contributed by atoms with Crippen LogP contribution in [0, 0.1) is 6.92 Å². The summed E-state index contributed by atoms with van der Waals surface area (Å²) in [6.07, 6.45) is -0.270. The molecule has 0 radical (unpaired) electrons. The van der Waals surface area contributed by atoms with Gasteiger partial charge in [-0.05, 0) is 32.4 Å². The normalized spacial score (nSPS) is 15.5. The molecule has 1 aliphatic heterocycles. The van der Waals surface area contributed by atoms with Gasteiger partial charge in [0, 0.05) is 0 Å². The zero-order chi connectivity index (χ0) is 21.1. The van der Waals surface area contributed by atoms with Crippen LogP contribution in [0.3, 0.4) is 0 Å². The van der Waals surface area contributed by atoms with Crippen LogP contribution < -0.4 is 20.7 Å². The van der Waals surface area contributed by atoms with E-state index in [1.165, 1.54) is 4.90 Å². The van der Waals surface area contributed by atoms with E-state index in [9.17, 15) is 14.4 Å². The lowest BCUT2D eigenvalue weighted by Gasteiger charge is -2.32. The lowest BCUT2D eigenvalue weighted by molar-refractivity contribution is -0.128. The van der Waals surface area contributed by atoms with E-state index in [1.54, 1.807) is 26.0 Å². The first-order chi connectivity index (χ1) is 13.8. The molecule has 0 saturated heterocycles. The summed E-state index contributed by atoms with van der Waals surface area (Å²) in [6.45, 7) is 5.11. The molecule has 2 aromatic rings. The summed E-state index contributed by atoms with van der Waals surface area (Å²) in [6, 6.07) is 3.18. The van der Waals surface area contributed by atoms with E-state index < -0.39 is 18.0 Å². The number of nitrogens with one attached hydrogen (secondary N) is 1. The average Bonchev–Trinajstić information content (AvgIpc) is 3.04. The number of esters is 1. The number of aryl methyl sites for hydroxylation is 1. The van der Waals surface area contributed by atoms with E-state index in [0.717, 1.165) is 11.3 Å². The minimum Gasteiger partial charge on any atom is -0.477 e. The van der Waals surface area contributed by atoms with Crippen molar-refractivity contribution in [1.82, 2.24) is 9.97 Å². The molecule has 3 rings (SSSR count). The van der Waals surface area contributed by atoms with Gasteiger partial charge in [-0.1, -0.05) is 18.3 Å². The van der Waals surface area contributed by atoms with Gasteiger partial charge in [-0.3, -0.25) is 14.5 Å². The van der Waals surface area contributed by atoms with Crippen LogP contribution in [-0.2, 0) is 14.3 Å². The summed E-state index contributed by atoms with van der Waals surface area (Å²) < 4.78 is 10.6. The summed E-state index contributed by atoms with van der Waals surface area (Å²) in [5.41, 5.74) is 6.18. The Morgan fingerprint density at radius 2 is 2.10 bits per heavy atom. The fraction of sp³-hybridized carbons (Fsp3) is 0.389. The van der Waals surface area contributed by atoms with Crippen molar-refractivity contribution in [3.8, 4) is 5.75 Å². The number of rotatable bonds is 6. The summed E-state index contributed by atoms with van der Waals surface area (Å²) in [5, 5.41) is 2.85. The lowest BCUT2D eigenvalue weighted by Crippen LogP contribution is -2.49. The number of nitrogens with two attached hydrogens (primary N) is 1. The predicted octanol–water partition coefficient (Wildman–Crippen LogP) is 1.75. The van der Waals surface area contributed by atoms with Crippen molar-refractivity contribution in [2.45, 2.75) is 33.3 Å². The highest BCUT2D eigenvalue weighted by Crippen LogP contribution is 2.33. The second-order valence-electron chi connectivity index (χ2n) is 6.20. The maximum atomic E-state index is 12.7. The lowest BCUT2D eigenvalue weighted by atomic mass is 10.2. The van der Waals surface area contributed by atoms with Gasteiger partial charge in [-0.2, -0.15) is 0 Å². The van der Waals surface area contributed by atoms with Gasteiger partial charge in [0.15, 0.2) is 22.8 Å². The molecule has 0 fully saturated rings. The number of aromatic nitrogens is 2. The Balaban J connectivity index is 1.78. The number of hydrogen-bond acceptors (Lipinski definition) is 9. The molecular formula is C18H21N5O5S. The quantitative estimate of drug-likeness (QED) is 0.676. The minimum atomic E-state index is -0.710. The highest BCUT2D eigenvalue weighted by atomic mass is 32.1. The zero-order valence-corrected chi connectivity index (χ0v) is 17.0. The van der Waals surface area contributed by atoms with Crippen LogP contribution in [0.2, 0.25) is 0 Å². The zero-order valence-electron chi connectivity index (χ0n) is 16.2. The van der Waals surface area contributed by atoms with Crippen molar-refractivity contribution in [2.24, 2.45) is 0 Å². The molecule has 2 amide bonds. The maximum Gasteiger partial charge on any atom is 0.350 e. The van der Waals surface area contributed by atoms with Gasteiger partial charge >= 0.3 is 5.97 Å². The van der Waals surface area contributed by atoms with Crippen molar-refractivity contribution in [3.05, 3.63) is 22.7 Å². The van der Waals surface area contributed by atoms with E-state index in [-0.39, 0.29) is 35.8 Å². The number of thiazole rings is 1. The van der Waals surface area contributed by atoms with Gasteiger partial charge in [-0.25, -0.2) is 14.8 Å². The number of nitrogens with zero attached hydrogens (tertiary/aromatic N) is 3. The molecule has 0 spiro atoms. The van der Waals surface area contributed by atoms with Crippen LogP contribution in [0.5, 0.6) is 5.75 Å². The highest BCUT2D eigenvalue weighted by molar-refractivity contribution is 7.17. The van der Waals surface area contributed by atoms with Gasteiger partial charge in [0.2, 0.25) is 5.91 Å². The first-order valence-corrected chi connectivity index (χ1v) is 9.84. The second kappa shape index (κ2) is 8.43. The minimum absolute atomic E-state index is 0.192. The number of ether oxygens (including phenoxy) is 2. The van der Waals surface area contributed by atoms with Crippen molar-refractivity contribution in [2.75, 3.05) is 29.1 Å². The SMILES string of the molecule is CCOC(=O)c1sc(NC(=O)CN2C(=O)C(CC)Oc3ccc(N)nc32)nc1C. The van der Waals surface area contributed by atoms with Gasteiger partial charge in [0.05, 0.1) is 12.3 Å².